The second kappa shape index (κ2) is 68.1. The van der Waals surface area contributed by atoms with E-state index >= 15 is 0 Å². The van der Waals surface area contributed by atoms with Crippen molar-refractivity contribution in [1.29, 1.82) is 0 Å². The van der Waals surface area contributed by atoms with Crippen LogP contribution in [0.15, 0.2) is 36.5 Å². The lowest BCUT2D eigenvalue weighted by Crippen LogP contribution is -2.30. The first-order valence-electron chi connectivity index (χ1n) is 35.5. The first-order valence-corrected chi connectivity index (χ1v) is 35.5. The average Bonchev–Trinajstić information content (AvgIpc) is 3.45. The van der Waals surface area contributed by atoms with E-state index in [2.05, 4.69) is 57.2 Å². The van der Waals surface area contributed by atoms with Crippen LogP contribution in [0.1, 0.15) is 393 Å². The van der Waals surface area contributed by atoms with E-state index in [1.165, 1.54) is 289 Å². The average molecular weight is 1110 g/mol. The van der Waals surface area contributed by atoms with Crippen molar-refractivity contribution in [2.24, 2.45) is 0 Å². The van der Waals surface area contributed by atoms with E-state index in [0.29, 0.717) is 19.3 Å². The Labute approximate surface area is 493 Å². The molecule has 0 aliphatic carbocycles. The number of carbonyl (C=O) groups excluding carboxylic acids is 3. The Morgan fingerprint density at radius 1 is 0.253 bits per heavy atom. The van der Waals surface area contributed by atoms with Crippen LogP contribution in [0.5, 0.6) is 0 Å². The molecule has 0 fully saturated rings. The smallest absolute Gasteiger partial charge is 0.306 e. The maximum absolute atomic E-state index is 12.9. The molecule has 1 unspecified atom stereocenters. The van der Waals surface area contributed by atoms with Crippen LogP contribution in [0.4, 0.5) is 0 Å². The van der Waals surface area contributed by atoms with Crippen LogP contribution >= 0.6 is 0 Å². The summed E-state index contributed by atoms with van der Waals surface area (Å²) < 4.78 is 17.0. The van der Waals surface area contributed by atoms with Crippen LogP contribution in [0.3, 0.4) is 0 Å². The second-order valence-corrected chi connectivity index (χ2v) is 24.1. The van der Waals surface area contributed by atoms with Gasteiger partial charge in [-0.2, -0.15) is 0 Å². The quantitative estimate of drug-likeness (QED) is 0.0261. The van der Waals surface area contributed by atoms with Crippen molar-refractivity contribution in [2.75, 3.05) is 13.2 Å². The highest BCUT2D eigenvalue weighted by Gasteiger charge is 2.19. The molecule has 0 aliphatic rings. The van der Waals surface area contributed by atoms with Gasteiger partial charge in [-0.15, -0.1) is 0 Å². The summed E-state index contributed by atoms with van der Waals surface area (Å²) in [6, 6.07) is 0. The molecule has 0 aromatic heterocycles. The van der Waals surface area contributed by atoms with Gasteiger partial charge in [0.1, 0.15) is 13.2 Å². The normalized spacial score (nSPS) is 12.2. The van der Waals surface area contributed by atoms with E-state index in [1.807, 2.05) is 0 Å². The third kappa shape index (κ3) is 66.3. The summed E-state index contributed by atoms with van der Waals surface area (Å²) in [4.78, 5) is 38.3. The van der Waals surface area contributed by atoms with Crippen molar-refractivity contribution in [3.63, 3.8) is 0 Å². The van der Waals surface area contributed by atoms with Crippen LogP contribution in [0, 0.1) is 0 Å². The predicted molar refractivity (Wildman–Crippen MR) is 344 cm³/mol. The molecule has 0 aromatic rings. The minimum atomic E-state index is -0.769. The van der Waals surface area contributed by atoms with Crippen molar-refractivity contribution in [1.82, 2.24) is 0 Å². The second-order valence-electron chi connectivity index (χ2n) is 24.1. The molecule has 0 aromatic carbocycles. The molecule has 0 saturated carbocycles. The van der Waals surface area contributed by atoms with E-state index in [9.17, 15) is 14.4 Å². The molecule has 0 aliphatic heterocycles. The number of allylic oxidation sites excluding steroid dienone is 6. The summed E-state index contributed by atoms with van der Waals surface area (Å²) in [5, 5.41) is 0. The molecule has 0 heterocycles. The van der Waals surface area contributed by atoms with Gasteiger partial charge in [0.25, 0.3) is 0 Å². The Balaban J connectivity index is 4.11. The molecule has 0 spiro atoms. The van der Waals surface area contributed by atoms with Crippen LogP contribution in [-0.2, 0) is 28.6 Å². The summed E-state index contributed by atoms with van der Waals surface area (Å²) in [5.41, 5.74) is 0. The molecule has 0 bridgehead atoms. The molecule has 464 valence electrons. The third-order valence-electron chi connectivity index (χ3n) is 16.1. The van der Waals surface area contributed by atoms with Crippen molar-refractivity contribution >= 4 is 17.9 Å². The number of unbranched alkanes of at least 4 members (excludes halogenated alkanes) is 49. The summed E-state index contributed by atoms with van der Waals surface area (Å²) >= 11 is 0. The Bertz CT molecular complexity index is 1320. The maximum Gasteiger partial charge on any atom is 0.306 e. The van der Waals surface area contributed by atoms with Gasteiger partial charge in [0.15, 0.2) is 6.10 Å². The summed E-state index contributed by atoms with van der Waals surface area (Å²) in [5.74, 6) is -0.842. The van der Waals surface area contributed by atoms with Crippen molar-refractivity contribution < 1.29 is 28.6 Å². The third-order valence-corrected chi connectivity index (χ3v) is 16.1. The fourth-order valence-electron chi connectivity index (χ4n) is 10.8. The molecule has 0 rings (SSSR count). The zero-order chi connectivity index (χ0) is 57.1. The summed E-state index contributed by atoms with van der Waals surface area (Å²) in [6.07, 6.45) is 84.7. The first kappa shape index (κ1) is 76.6. The van der Waals surface area contributed by atoms with E-state index in [0.717, 1.165) is 64.2 Å². The summed E-state index contributed by atoms with van der Waals surface area (Å²) in [7, 11) is 0. The van der Waals surface area contributed by atoms with E-state index < -0.39 is 6.10 Å². The standard InChI is InChI=1S/C73H136O6/c1-4-7-10-13-16-19-22-24-26-28-30-31-32-33-34-35-36-37-38-39-40-41-43-44-46-48-51-54-57-60-63-66-72(75)78-69-70(68-77-71(74)65-62-59-56-53-50-21-18-15-12-9-6-3)79-73(76)67-64-61-58-55-52-49-47-45-42-29-27-25-23-20-17-14-11-8-5-2/h22,24-25,27-28,30,70H,4-21,23,26,29,31-69H2,1-3H3/b24-22-,27-25-,30-28-. The Hall–Kier alpha value is -2.37. The predicted octanol–water partition coefficient (Wildman–Crippen LogP) is 24.3. The van der Waals surface area contributed by atoms with Crippen LogP contribution in [-0.4, -0.2) is 37.2 Å². The van der Waals surface area contributed by atoms with Gasteiger partial charge in [0.05, 0.1) is 0 Å². The maximum atomic E-state index is 12.9. The van der Waals surface area contributed by atoms with Crippen molar-refractivity contribution in [3.05, 3.63) is 36.5 Å². The van der Waals surface area contributed by atoms with Gasteiger partial charge in [-0.05, 0) is 77.0 Å². The van der Waals surface area contributed by atoms with Gasteiger partial charge in [0, 0.05) is 19.3 Å². The molecule has 0 N–H and O–H groups in total. The monoisotopic (exact) mass is 1110 g/mol. The molecule has 6 nitrogen and oxygen atoms in total. The lowest BCUT2D eigenvalue weighted by Gasteiger charge is -2.18. The van der Waals surface area contributed by atoms with Gasteiger partial charge in [-0.25, -0.2) is 0 Å². The van der Waals surface area contributed by atoms with Gasteiger partial charge in [-0.1, -0.05) is 333 Å². The molecular weight excluding hydrogens is 973 g/mol. The van der Waals surface area contributed by atoms with Crippen LogP contribution in [0.2, 0.25) is 0 Å². The summed E-state index contributed by atoms with van der Waals surface area (Å²) in [6.45, 7) is 6.68. The topological polar surface area (TPSA) is 78.9 Å². The van der Waals surface area contributed by atoms with Gasteiger partial charge in [0.2, 0.25) is 0 Å². The highest BCUT2D eigenvalue weighted by atomic mass is 16.6. The van der Waals surface area contributed by atoms with Gasteiger partial charge in [-0.3, -0.25) is 14.4 Å². The minimum absolute atomic E-state index is 0.0669. The molecule has 0 radical (unpaired) electrons. The highest BCUT2D eigenvalue weighted by molar-refractivity contribution is 5.71. The van der Waals surface area contributed by atoms with Gasteiger partial charge < -0.3 is 14.2 Å². The SMILES string of the molecule is CCCCCCC/C=C\C/C=C\CCCCCCCCCCCCCCCCCCCCCC(=O)OCC(COC(=O)CCCCCCCCCCCCC)OC(=O)CCCCCCCCCCC/C=C\CCCCCCCC. The molecule has 79 heavy (non-hydrogen) atoms. The molecule has 0 amide bonds. The molecule has 0 saturated heterocycles. The number of hydrogen-bond donors (Lipinski definition) is 0. The molecular formula is C73H136O6. The lowest BCUT2D eigenvalue weighted by atomic mass is 10.0. The number of rotatable bonds is 66. The Morgan fingerprint density at radius 3 is 0.709 bits per heavy atom. The lowest BCUT2D eigenvalue weighted by molar-refractivity contribution is -0.167. The number of esters is 3. The highest BCUT2D eigenvalue weighted by Crippen LogP contribution is 2.18. The number of carbonyl (C=O) groups is 3. The van der Waals surface area contributed by atoms with Crippen LogP contribution < -0.4 is 0 Å². The number of hydrogen-bond acceptors (Lipinski definition) is 6. The molecule has 1 atom stereocenters. The van der Waals surface area contributed by atoms with E-state index in [-0.39, 0.29) is 31.1 Å². The Kier molecular flexibility index (Phi) is 66.1. The van der Waals surface area contributed by atoms with Crippen molar-refractivity contribution in [3.8, 4) is 0 Å². The van der Waals surface area contributed by atoms with Crippen molar-refractivity contribution in [2.45, 2.75) is 399 Å². The zero-order valence-corrected chi connectivity index (χ0v) is 53.4. The first-order chi connectivity index (χ1) is 39.0. The minimum Gasteiger partial charge on any atom is -0.462 e. The fourth-order valence-corrected chi connectivity index (χ4v) is 10.8. The fraction of sp³-hybridized carbons (Fsp3) is 0.877. The van der Waals surface area contributed by atoms with E-state index in [1.54, 1.807) is 0 Å². The molecule has 6 heteroatoms. The largest absolute Gasteiger partial charge is 0.462 e. The number of ether oxygens (including phenoxy) is 3. The van der Waals surface area contributed by atoms with Crippen LogP contribution in [0.25, 0.3) is 0 Å². The van der Waals surface area contributed by atoms with Gasteiger partial charge >= 0.3 is 17.9 Å². The zero-order valence-electron chi connectivity index (χ0n) is 53.4. The Morgan fingerprint density at radius 2 is 0.456 bits per heavy atom. The van der Waals surface area contributed by atoms with E-state index in [4.69, 9.17) is 14.2 Å².